The first-order valence-corrected chi connectivity index (χ1v) is 6.51. The number of phenolic OH excluding ortho intramolecular Hbond substituents is 1. The van der Waals surface area contributed by atoms with Crippen LogP contribution in [0.1, 0.15) is 11.3 Å². The van der Waals surface area contributed by atoms with Gasteiger partial charge in [0, 0.05) is 0 Å². The van der Waals surface area contributed by atoms with Crippen LogP contribution >= 0.6 is 22.6 Å². The molecule has 100 valence electrons. The monoisotopic (exact) mass is 372 g/mol. The van der Waals surface area contributed by atoms with Crippen LogP contribution in [-0.4, -0.2) is 28.1 Å². The van der Waals surface area contributed by atoms with Gasteiger partial charge in [0.05, 0.1) is 28.8 Å². The molecular formula is C12H13IN4O2. The number of nitrogens with zero attached hydrogens (tertiary/aromatic N) is 3. The van der Waals surface area contributed by atoms with E-state index in [1.165, 1.54) is 11.8 Å². The number of methoxy groups -OCH3 is 1. The average molecular weight is 372 g/mol. The summed E-state index contributed by atoms with van der Waals surface area (Å²) in [5.74, 6) is 0.857. The van der Waals surface area contributed by atoms with E-state index in [1.807, 2.05) is 29.5 Å². The average Bonchev–Trinajstić information content (AvgIpc) is 2.69. The van der Waals surface area contributed by atoms with Crippen molar-refractivity contribution in [1.29, 1.82) is 0 Å². The number of anilines is 1. The number of phenols is 1. The second-order valence-corrected chi connectivity index (χ2v) is 5.05. The molecule has 0 bridgehead atoms. The molecule has 19 heavy (non-hydrogen) atoms. The molecule has 0 atom stereocenters. The minimum Gasteiger partial charge on any atom is -0.504 e. The maximum absolute atomic E-state index is 9.74. The van der Waals surface area contributed by atoms with E-state index in [0.717, 1.165) is 11.3 Å². The van der Waals surface area contributed by atoms with Crippen LogP contribution < -0.4 is 10.5 Å². The lowest BCUT2D eigenvalue weighted by molar-refractivity contribution is 0.371. The van der Waals surface area contributed by atoms with Gasteiger partial charge in [0.25, 0.3) is 0 Å². The Balaban J connectivity index is 2.33. The lowest BCUT2D eigenvalue weighted by Gasteiger charge is -2.06. The molecular weight excluding hydrogens is 359 g/mol. The van der Waals surface area contributed by atoms with E-state index < -0.39 is 0 Å². The zero-order chi connectivity index (χ0) is 14.0. The normalized spacial score (nSPS) is 11.1. The number of hydrogen-bond acceptors (Lipinski definition) is 5. The van der Waals surface area contributed by atoms with Gasteiger partial charge < -0.3 is 15.6 Å². The molecule has 2 rings (SSSR count). The second kappa shape index (κ2) is 5.47. The first-order valence-electron chi connectivity index (χ1n) is 5.43. The van der Waals surface area contributed by atoms with Gasteiger partial charge in [-0.2, -0.15) is 5.10 Å². The van der Waals surface area contributed by atoms with Gasteiger partial charge in [-0.1, -0.05) is 0 Å². The number of halogens is 1. The van der Waals surface area contributed by atoms with Crippen LogP contribution in [0.2, 0.25) is 0 Å². The summed E-state index contributed by atoms with van der Waals surface area (Å²) in [4.78, 5) is 4.05. The van der Waals surface area contributed by atoms with Crippen LogP contribution in [0.25, 0.3) is 0 Å². The summed E-state index contributed by atoms with van der Waals surface area (Å²) in [7, 11) is 1.50. The Morgan fingerprint density at radius 1 is 1.53 bits per heavy atom. The SMILES string of the molecule is COc1cc(C=Nn2cc(C)nc2N)cc(I)c1O. The summed E-state index contributed by atoms with van der Waals surface area (Å²) in [6.07, 6.45) is 3.36. The van der Waals surface area contributed by atoms with Crippen molar-refractivity contribution in [1.82, 2.24) is 9.66 Å². The summed E-state index contributed by atoms with van der Waals surface area (Å²) in [5, 5.41) is 13.9. The molecule has 6 nitrogen and oxygen atoms in total. The van der Waals surface area contributed by atoms with Crippen LogP contribution in [0.4, 0.5) is 5.95 Å². The largest absolute Gasteiger partial charge is 0.504 e. The van der Waals surface area contributed by atoms with Crippen molar-refractivity contribution in [3.05, 3.63) is 33.2 Å². The third-order valence-electron chi connectivity index (χ3n) is 2.44. The minimum absolute atomic E-state index is 0.123. The number of aryl methyl sites for hydroxylation is 1. The van der Waals surface area contributed by atoms with E-state index >= 15 is 0 Å². The van der Waals surface area contributed by atoms with Crippen LogP contribution in [0, 0.1) is 10.5 Å². The van der Waals surface area contributed by atoms with Gasteiger partial charge in [-0.3, -0.25) is 0 Å². The number of hydrogen-bond donors (Lipinski definition) is 2. The molecule has 0 aliphatic heterocycles. The first-order chi connectivity index (χ1) is 9.01. The van der Waals surface area contributed by atoms with Crippen LogP contribution in [-0.2, 0) is 0 Å². The quantitative estimate of drug-likeness (QED) is 0.637. The number of aromatic nitrogens is 2. The molecule has 0 fully saturated rings. The highest BCUT2D eigenvalue weighted by Gasteiger charge is 2.07. The third-order valence-corrected chi connectivity index (χ3v) is 3.26. The van der Waals surface area contributed by atoms with Crippen molar-refractivity contribution in [2.24, 2.45) is 5.10 Å². The van der Waals surface area contributed by atoms with Crippen molar-refractivity contribution in [3.8, 4) is 11.5 Å². The molecule has 1 heterocycles. The molecule has 1 aromatic carbocycles. The summed E-state index contributed by atoms with van der Waals surface area (Å²) >= 11 is 2.03. The summed E-state index contributed by atoms with van der Waals surface area (Å²) in [6.45, 7) is 1.84. The zero-order valence-corrected chi connectivity index (χ0v) is 12.6. The van der Waals surface area contributed by atoms with Crippen molar-refractivity contribution < 1.29 is 9.84 Å². The molecule has 0 aliphatic carbocycles. The lowest BCUT2D eigenvalue weighted by atomic mass is 10.2. The van der Waals surface area contributed by atoms with Crippen molar-refractivity contribution in [3.63, 3.8) is 0 Å². The van der Waals surface area contributed by atoms with Gasteiger partial charge in [0.15, 0.2) is 11.5 Å². The lowest BCUT2D eigenvalue weighted by Crippen LogP contribution is -1.97. The van der Waals surface area contributed by atoms with Gasteiger partial charge >= 0.3 is 0 Å². The predicted octanol–water partition coefficient (Wildman–Crippen LogP) is 1.97. The molecule has 0 spiro atoms. The topological polar surface area (TPSA) is 85.7 Å². The number of aromatic hydroxyl groups is 1. The number of ether oxygens (including phenoxy) is 1. The van der Waals surface area contributed by atoms with Gasteiger partial charge in [0.1, 0.15) is 0 Å². The second-order valence-electron chi connectivity index (χ2n) is 3.88. The number of imidazole rings is 1. The Kier molecular flexibility index (Phi) is 3.93. The zero-order valence-electron chi connectivity index (χ0n) is 10.5. The smallest absolute Gasteiger partial charge is 0.221 e. The Morgan fingerprint density at radius 3 is 2.84 bits per heavy atom. The molecule has 2 aromatic rings. The highest BCUT2D eigenvalue weighted by atomic mass is 127. The van der Waals surface area contributed by atoms with Gasteiger partial charge in [0.2, 0.25) is 5.95 Å². The Hall–Kier alpha value is -1.77. The van der Waals surface area contributed by atoms with E-state index in [9.17, 15) is 5.11 Å². The molecule has 0 aliphatic rings. The Labute approximate surface area is 124 Å². The molecule has 0 saturated heterocycles. The van der Waals surface area contributed by atoms with Gasteiger partial charge in [-0.15, -0.1) is 0 Å². The van der Waals surface area contributed by atoms with Crippen LogP contribution in [0.3, 0.4) is 0 Å². The van der Waals surface area contributed by atoms with E-state index in [1.54, 1.807) is 24.5 Å². The molecule has 7 heteroatoms. The van der Waals surface area contributed by atoms with Crippen molar-refractivity contribution in [2.45, 2.75) is 6.92 Å². The van der Waals surface area contributed by atoms with Gasteiger partial charge in [-0.05, 0) is 47.2 Å². The van der Waals surface area contributed by atoms with E-state index in [0.29, 0.717) is 15.3 Å². The molecule has 0 radical (unpaired) electrons. The molecule has 0 saturated carbocycles. The fourth-order valence-corrected chi connectivity index (χ4v) is 2.17. The van der Waals surface area contributed by atoms with E-state index in [4.69, 9.17) is 10.5 Å². The predicted molar refractivity (Wildman–Crippen MR) is 81.7 cm³/mol. The highest BCUT2D eigenvalue weighted by molar-refractivity contribution is 14.1. The van der Waals surface area contributed by atoms with Crippen LogP contribution in [0.15, 0.2) is 23.4 Å². The summed E-state index contributed by atoms with van der Waals surface area (Å²) < 4.78 is 7.26. The number of benzene rings is 1. The number of nitrogens with two attached hydrogens (primary N) is 1. The molecule has 3 N–H and O–H groups in total. The molecule has 0 amide bonds. The van der Waals surface area contributed by atoms with Crippen molar-refractivity contribution >= 4 is 34.8 Å². The summed E-state index contributed by atoms with van der Waals surface area (Å²) in [5.41, 5.74) is 7.28. The maximum Gasteiger partial charge on any atom is 0.221 e. The Morgan fingerprint density at radius 2 is 2.26 bits per heavy atom. The molecule has 0 unspecified atom stereocenters. The number of rotatable bonds is 3. The van der Waals surface area contributed by atoms with Crippen LogP contribution in [0.5, 0.6) is 11.5 Å². The van der Waals surface area contributed by atoms with Crippen molar-refractivity contribution in [2.75, 3.05) is 12.8 Å². The molecule has 1 aromatic heterocycles. The minimum atomic E-state index is 0.123. The third kappa shape index (κ3) is 2.98. The van der Waals surface area contributed by atoms with E-state index in [2.05, 4.69) is 10.1 Å². The maximum atomic E-state index is 9.74. The van der Waals surface area contributed by atoms with E-state index in [-0.39, 0.29) is 5.75 Å². The first kappa shape index (κ1) is 13.7. The standard InChI is InChI=1S/C12H13IN4O2/c1-7-6-17(12(14)16-7)15-5-8-3-9(13)11(18)10(4-8)19-2/h3-6,18H,1-2H3,(H2,14,16). The summed E-state index contributed by atoms with van der Waals surface area (Å²) in [6, 6.07) is 3.49. The fourth-order valence-electron chi connectivity index (χ4n) is 1.55. The highest BCUT2D eigenvalue weighted by Crippen LogP contribution is 2.31. The fraction of sp³-hybridized carbons (Fsp3) is 0.167. The number of nitrogen functional groups attached to an aromatic ring is 1. The van der Waals surface area contributed by atoms with Gasteiger partial charge in [-0.25, -0.2) is 9.66 Å². The Bertz CT molecular complexity index is 637.